The highest BCUT2D eigenvalue weighted by Crippen LogP contribution is 2.23. The van der Waals surface area contributed by atoms with E-state index in [1.165, 1.54) is 5.56 Å². The summed E-state index contributed by atoms with van der Waals surface area (Å²) in [6.07, 6.45) is 3.32. The summed E-state index contributed by atoms with van der Waals surface area (Å²) in [6.45, 7) is 8.70. The molecule has 2 aromatic heterocycles. The molecular weight excluding hydrogens is 304 g/mol. The van der Waals surface area contributed by atoms with Crippen molar-refractivity contribution in [2.24, 2.45) is 5.73 Å². The number of aliphatic hydroxyl groups excluding tert-OH is 1. The van der Waals surface area contributed by atoms with Crippen LogP contribution in [0.3, 0.4) is 0 Å². The molecule has 0 radical (unpaired) electrons. The van der Waals surface area contributed by atoms with E-state index >= 15 is 0 Å². The van der Waals surface area contributed by atoms with Crippen molar-refractivity contribution in [2.75, 3.05) is 25.0 Å². The number of likely N-dealkylation sites (tertiary alicyclic amines) is 1. The molecule has 1 aliphatic rings. The molecule has 3 heterocycles. The first-order valence-electron chi connectivity index (χ1n) is 8.72. The number of hydrogen-bond donors (Lipinski definition) is 3. The number of β-amino-alcohol motifs (C(OH)–C–C–N with tert-alkyl or cyclic N) is 1. The molecule has 0 saturated carbocycles. The van der Waals surface area contributed by atoms with E-state index in [0.717, 1.165) is 43.1 Å². The molecule has 0 spiro atoms. The van der Waals surface area contributed by atoms with E-state index in [2.05, 4.69) is 34.1 Å². The van der Waals surface area contributed by atoms with Crippen LogP contribution < -0.4 is 11.1 Å². The molecule has 2 atom stereocenters. The minimum absolute atomic E-state index is 0.314. The van der Waals surface area contributed by atoms with Crippen molar-refractivity contribution < 1.29 is 5.11 Å². The fourth-order valence-corrected chi connectivity index (χ4v) is 3.42. The first kappa shape index (κ1) is 17.1. The highest BCUT2D eigenvalue weighted by Gasteiger charge is 2.22. The lowest BCUT2D eigenvalue weighted by Gasteiger charge is -2.34. The van der Waals surface area contributed by atoms with Crippen molar-refractivity contribution in [1.29, 1.82) is 0 Å². The van der Waals surface area contributed by atoms with Crippen molar-refractivity contribution in [3.05, 3.63) is 23.5 Å². The maximum absolute atomic E-state index is 9.41. The SMILES string of the molecule is Cc1cc(N[C@@H]2CCCN(CC(N)O)C2)n2ncc(C(C)C)c2n1. The summed E-state index contributed by atoms with van der Waals surface area (Å²) in [4.78, 5) is 6.87. The zero-order valence-corrected chi connectivity index (χ0v) is 14.7. The number of fused-ring (bicyclic) bond motifs is 1. The zero-order chi connectivity index (χ0) is 17.3. The third kappa shape index (κ3) is 3.68. The van der Waals surface area contributed by atoms with E-state index in [4.69, 9.17) is 5.73 Å². The van der Waals surface area contributed by atoms with Gasteiger partial charge in [0.2, 0.25) is 0 Å². The molecule has 0 amide bonds. The van der Waals surface area contributed by atoms with Crippen LogP contribution in [0.4, 0.5) is 5.82 Å². The number of nitrogens with zero attached hydrogens (tertiary/aromatic N) is 4. The Kier molecular flexibility index (Phi) is 5.03. The van der Waals surface area contributed by atoms with Gasteiger partial charge < -0.3 is 16.2 Å². The van der Waals surface area contributed by atoms with E-state index < -0.39 is 6.23 Å². The van der Waals surface area contributed by atoms with Crippen LogP contribution in [-0.2, 0) is 0 Å². The van der Waals surface area contributed by atoms with Crippen molar-refractivity contribution in [2.45, 2.75) is 51.8 Å². The minimum Gasteiger partial charge on any atom is -0.377 e. The smallest absolute Gasteiger partial charge is 0.160 e. The molecule has 132 valence electrons. The van der Waals surface area contributed by atoms with Gasteiger partial charge in [0, 0.05) is 36.5 Å². The molecule has 4 N–H and O–H groups in total. The van der Waals surface area contributed by atoms with Crippen LogP contribution in [0.5, 0.6) is 0 Å². The van der Waals surface area contributed by atoms with Gasteiger partial charge in [0.25, 0.3) is 0 Å². The standard InChI is InChI=1S/C17H28N6O/c1-11(2)14-8-19-23-16(7-12(3)20-17(14)23)21-13-5-4-6-22(9-13)10-15(18)24/h7-8,11,13,15,21,24H,4-6,9-10,18H2,1-3H3/t13-,15?/m1/s1. The van der Waals surface area contributed by atoms with E-state index in [1.54, 1.807) is 0 Å². The van der Waals surface area contributed by atoms with Crippen molar-refractivity contribution >= 4 is 11.5 Å². The number of anilines is 1. The monoisotopic (exact) mass is 332 g/mol. The van der Waals surface area contributed by atoms with Crippen LogP contribution in [0.15, 0.2) is 12.3 Å². The fraction of sp³-hybridized carbons (Fsp3) is 0.647. The number of nitrogens with two attached hydrogens (primary N) is 1. The molecule has 0 aromatic carbocycles. The van der Waals surface area contributed by atoms with Gasteiger partial charge in [-0.2, -0.15) is 9.61 Å². The quantitative estimate of drug-likeness (QED) is 0.715. The summed E-state index contributed by atoms with van der Waals surface area (Å²) in [7, 11) is 0. The van der Waals surface area contributed by atoms with Gasteiger partial charge >= 0.3 is 0 Å². The Morgan fingerprint density at radius 2 is 2.25 bits per heavy atom. The Bertz CT molecular complexity index is 696. The lowest BCUT2D eigenvalue weighted by molar-refractivity contribution is 0.102. The van der Waals surface area contributed by atoms with Gasteiger partial charge in [-0.3, -0.25) is 4.90 Å². The molecule has 1 saturated heterocycles. The van der Waals surface area contributed by atoms with Gasteiger partial charge in [-0.15, -0.1) is 0 Å². The van der Waals surface area contributed by atoms with Crippen LogP contribution >= 0.6 is 0 Å². The van der Waals surface area contributed by atoms with Crippen molar-refractivity contribution in [3.63, 3.8) is 0 Å². The highest BCUT2D eigenvalue weighted by molar-refractivity contribution is 5.55. The molecular formula is C17H28N6O. The third-order valence-electron chi connectivity index (χ3n) is 4.55. The number of aryl methyl sites for hydroxylation is 1. The van der Waals surface area contributed by atoms with Gasteiger partial charge in [0.1, 0.15) is 12.0 Å². The Hall–Kier alpha value is -1.70. The van der Waals surface area contributed by atoms with Gasteiger partial charge in [0.15, 0.2) is 5.65 Å². The van der Waals surface area contributed by atoms with E-state index in [-0.39, 0.29) is 0 Å². The van der Waals surface area contributed by atoms with Gasteiger partial charge in [0.05, 0.1) is 6.20 Å². The highest BCUT2D eigenvalue weighted by atomic mass is 16.3. The summed E-state index contributed by atoms with van der Waals surface area (Å²) < 4.78 is 1.90. The summed E-state index contributed by atoms with van der Waals surface area (Å²) in [6, 6.07) is 2.36. The summed E-state index contributed by atoms with van der Waals surface area (Å²) in [5.74, 6) is 1.37. The molecule has 1 aliphatic heterocycles. The number of nitrogens with one attached hydrogen (secondary N) is 1. The summed E-state index contributed by atoms with van der Waals surface area (Å²) in [5.41, 5.74) is 8.59. The first-order valence-corrected chi connectivity index (χ1v) is 8.72. The van der Waals surface area contributed by atoms with E-state index in [1.807, 2.05) is 23.7 Å². The molecule has 0 bridgehead atoms. The van der Waals surface area contributed by atoms with Crippen LogP contribution in [-0.4, -0.2) is 56.5 Å². The maximum atomic E-state index is 9.41. The molecule has 7 nitrogen and oxygen atoms in total. The van der Waals surface area contributed by atoms with Gasteiger partial charge in [-0.05, 0) is 32.2 Å². The fourth-order valence-electron chi connectivity index (χ4n) is 3.42. The third-order valence-corrected chi connectivity index (χ3v) is 4.55. The lowest BCUT2D eigenvalue weighted by Crippen LogP contribution is -2.47. The van der Waals surface area contributed by atoms with Crippen LogP contribution in [0.1, 0.15) is 43.9 Å². The predicted octanol–water partition coefficient (Wildman–Crippen LogP) is 1.31. The number of hydrogen-bond acceptors (Lipinski definition) is 6. The van der Waals surface area contributed by atoms with Crippen molar-refractivity contribution in [1.82, 2.24) is 19.5 Å². The number of aliphatic hydroxyl groups is 1. The Morgan fingerprint density at radius 1 is 1.46 bits per heavy atom. The molecule has 7 heteroatoms. The second-order valence-corrected chi connectivity index (χ2v) is 7.08. The maximum Gasteiger partial charge on any atom is 0.160 e. The lowest BCUT2D eigenvalue weighted by atomic mass is 10.1. The average molecular weight is 332 g/mol. The van der Waals surface area contributed by atoms with E-state index in [0.29, 0.717) is 18.5 Å². The second-order valence-electron chi connectivity index (χ2n) is 7.08. The van der Waals surface area contributed by atoms with Crippen LogP contribution in [0.2, 0.25) is 0 Å². The predicted molar refractivity (Wildman–Crippen MR) is 95.1 cm³/mol. The Morgan fingerprint density at radius 3 is 2.96 bits per heavy atom. The van der Waals surface area contributed by atoms with Crippen LogP contribution in [0.25, 0.3) is 5.65 Å². The number of aromatic nitrogens is 3. The first-order chi connectivity index (χ1) is 11.4. The van der Waals surface area contributed by atoms with E-state index in [9.17, 15) is 5.11 Å². The normalized spacial score (nSPS) is 20.7. The molecule has 2 aromatic rings. The Balaban J connectivity index is 1.82. The largest absolute Gasteiger partial charge is 0.377 e. The second kappa shape index (κ2) is 7.04. The zero-order valence-electron chi connectivity index (χ0n) is 14.7. The molecule has 24 heavy (non-hydrogen) atoms. The molecule has 3 rings (SSSR count). The molecule has 1 fully saturated rings. The molecule has 0 aliphatic carbocycles. The average Bonchev–Trinajstić information content (AvgIpc) is 2.90. The van der Waals surface area contributed by atoms with Gasteiger partial charge in [-0.25, -0.2) is 4.98 Å². The van der Waals surface area contributed by atoms with Crippen LogP contribution in [0, 0.1) is 6.92 Å². The number of piperidine rings is 1. The van der Waals surface area contributed by atoms with Gasteiger partial charge in [-0.1, -0.05) is 13.8 Å². The van der Waals surface area contributed by atoms with Crippen molar-refractivity contribution in [3.8, 4) is 0 Å². The number of rotatable bonds is 5. The minimum atomic E-state index is -0.779. The summed E-state index contributed by atoms with van der Waals surface area (Å²) >= 11 is 0. The topological polar surface area (TPSA) is 91.7 Å². The Labute approximate surface area is 142 Å². The molecule has 1 unspecified atom stereocenters. The summed E-state index contributed by atoms with van der Waals surface area (Å²) in [5, 5.41) is 17.6.